The second-order valence-corrected chi connectivity index (χ2v) is 10.5. The molecule has 1 aliphatic rings. The topological polar surface area (TPSA) is 121 Å². The van der Waals surface area contributed by atoms with Crippen molar-refractivity contribution in [1.82, 2.24) is 19.7 Å². The molecule has 0 saturated heterocycles. The highest BCUT2D eigenvalue weighted by Crippen LogP contribution is 2.38. The Balaban J connectivity index is 1.48. The van der Waals surface area contributed by atoms with E-state index in [4.69, 9.17) is 15.6 Å². The van der Waals surface area contributed by atoms with Crippen LogP contribution in [0, 0.1) is 16.7 Å². The maximum atomic E-state index is 12.8. The molecule has 1 aliphatic carbocycles. The van der Waals surface area contributed by atoms with Crippen LogP contribution in [0.1, 0.15) is 70.7 Å². The van der Waals surface area contributed by atoms with Gasteiger partial charge >= 0.3 is 6.03 Å². The van der Waals surface area contributed by atoms with Crippen molar-refractivity contribution in [2.75, 3.05) is 5.32 Å². The zero-order valence-corrected chi connectivity index (χ0v) is 21.5. The fourth-order valence-electron chi connectivity index (χ4n) is 4.30. The Morgan fingerprint density at radius 1 is 1.11 bits per heavy atom. The lowest BCUT2D eigenvalue weighted by Crippen LogP contribution is -2.35. The molecular formula is C27H35N7O2. The van der Waals surface area contributed by atoms with Crippen LogP contribution in [0.2, 0.25) is 0 Å². The van der Waals surface area contributed by atoms with Gasteiger partial charge in [-0.3, -0.25) is 20.1 Å². The third-order valence-corrected chi connectivity index (χ3v) is 6.28. The summed E-state index contributed by atoms with van der Waals surface area (Å²) in [5.41, 5.74) is 2.77. The van der Waals surface area contributed by atoms with E-state index >= 15 is 0 Å². The van der Waals surface area contributed by atoms with Crippen molar-refractivity contribution in [3.8, 4) is 5.75 Å². The number of aromatic nitrogens is 3. The number of fused-ring (bicyclic) bond motifs is 1. The van der Waals surface area contributed by atoms with E-state index in [2.05, 4.69) is 36.5 Å². The number of carbonyl (C=O) groups excluding carboxylic acids is 1. The number of nitrogens with one attached hydrogen (secondary N) is 4. The van der Waals surface area contributed by atoms with E-state index in [9.17, 15) is 4.79 Å². The molecule has 0 bridgehead atoms. The molecule has 0 spiro atoms. The monoisotopic (exact) mass is 489 g/mol. The Hall–Kier alpha value is -3.88. The maximum absolute atomic E-state index is 12.8. The number of anilines is 1. The molecule has 2 heterocycles. The van der Waals surface area contributed by atoms with Crippen LogP contribution in [-0.4, -0.2) is 26.2 Å². The number of hydrogen-bond acceptors (Lipinski definition) is 5. The number of nitrogens with zero attached hydrogens (tertiary/aromatic N) is 3. The summed E-state index contributed by atoms with van der Waals surface area (Å²) < 4.78 is 9.72. The molecule has 2 atom stereocenters. The predicted octanol–water partition coefficient (Wildman–Crippen LogP) is 5.18. The highest BCUT2D eigenvalue weighted by atomic mass is 16.5. The van der Waals surface area contributed by atoms with E-state index in [-0.39, 0.29) is 35.1 Å². The van der Waals surface area contributed by atoms with Gasteiger partial charge in [0.25, 0.3) is 0 Å². The van der Waals surface area contributed by atoms with Gasteiger partial charge in [0.2, 0.25) is 0 Å². The Morgan fingerprint density at radius 3 is 2.50 bits per heavy atom. The van der Waals surface area contributed by atoms with Gasteiger partial charge < -0.3 is 15.4 Å². The predicted molar refractivity (Wildman–Crippen MR) is 139 cm³/mol. The van der Waals surface area contributed by atoms with Gasteiger partial charge in [0.05, 0.1) is 29.7 Å². The molecule has 0 aliphatic heterocycles. The fourth-order valence-corrected chi connectivity index (χ4v) is 4.30. The molecule has 36 heavy (non-hydrogen) atoms. The number of hydrogen-bond donors (Lipinski definition) is 4. The Bertz CT molecular complexity index is 1320. The third-order valence-electron chi connectivity index (χ3n) is 6.28. The standard InChI is InChI=1S/C27H35N7O2/c1-17(2)25(29)33-16-19(10-13-24(33)28)36-23-12-11-22(20-8-6-7-9-21(20)23)32-26(35)31-18-14-30-34(15-18)27(3,4)5/h6-10,13-17,22-23,28-29H,11-12H2,1-5H3,(H2,31,32,35). The molecule has 2 amide bonds. The molecule has 1 aromatic carbocycles. The first kappa shape index (κ1) is 25.2. The third kappa shape index (κ3) is 5.50. The Labute approximate surface area is 211 Å². The second kappa shape index (κ2) is 10.0. The van der Waals surface area contributed by atoms with Gasteiger partial charge in [0.15, 0.2) is 0 Å². The zero-order chi connectivity index (χ0) is 26.0. The van der Waals surface area contributed by atoms with Gasteiger partial charge in [0.1, 0.15) is 23.2 Å². The van der Waals surface area contributed by atoms with Crippen LogP contribution in [-0.2, 0) is 5.54 Å². The number of benzene rings is 1. The van der Waals surface area contributed by atoms with Gasteiger partial charge in [-0.2, -0.15) is 5.10 Å². The average Bonchev–Trinajstić information content (AvgIpc) is 3.30. The number of amides is 2. The molecular weight excluding hydrogens is 454 g/mol. The fraction of sp³-hybridized carbons (Fsp3) is 0.407. The molecule has 0 radical (unpaired) electrons. The lowest BCUT2D eigenvalue weighted by Gasteiger charge is -2.32. The quantitative estimate of drug-likeness (QED) is 0.292. The van der Waals surface area contributed by atoms with Gasteiger partial charge in [-0.1, -0.05) is 38.1 Å². The summed E-state index contributed by atoms with van der Waals surface area (Å²) >= 11 is 0. The van der Waals surface area contributed by atoms with Crippen molar-refractivity contribution in [3.63, 3.8) is 0 Å². The van der Waals surface area contributed by atoms with Crippen molar-refractivity contribution >= 4 is 17.6 Å². The van der Waals surface area contributed by atoms with Crippen LogP contribution >= 0.6 is 0 Å². The largest absolute Gasteiger partial charge is 0.484 e. The van der Waals surface area contributed by atoms with E-state index in [1.165, 1.54) is 0 Å². The minimum Gasteiger partial charge on any atom is -0.484 e. The number of ether oxygens (including phenoxy) is 1. The Kier molecular flexibility index (Phi) is 7.01. The van der Waals surface area contributed by atoms with Gasteiger partial charge in [0, 0.05) is 12.1 Å². The second-order valence-electron chi connectivity index (χ2n) is 10.5. The van der Waals surface area contributed by atoms with Crippen LogP contribution in [0.25, 0.3) is 0 Å². The van der Waals surface area contributed by atoms with Crippen LogP contribution < -0.4 is 20.9 Å². The Morgan fingerprint density at radius 2 is 1.83 bits per heavy atom. The first-order valence-electron chi connectivity index (χ1n) is 12.3. The SMILES string of the molecule is CC(C)C(=N)n1cc(OC2CCC(NC(=O)Nc3cnn(C(C)(C)C)c3)c3ccccc32)ccc1=N. The lowest BCUT2D eigenvalue weighted by atomic mass is 9.85. The zero-order valence-electron chi connectivity index (χ0n) is 21.5. The smallest absolute Gasteiger partial charge is 0.319 e. The summed E-state index contributed by atoms with van der Waals surface area (Å²) in [5, 5.41) is 26.8. The molecule has 2 aromatic heterocycles. The van der Waals surface area contributed by atoms with Gasteiger partial charge in [-0.15, -0.1) is 0 Å². The summed E-state index contributed by atoms with van der Waals surface area (Å²) in [6.45, 7) is 10.0. The molecule has 4 rings (SSSR count). The highest BCUT2D eigenvalue weighted by molar-refractivity contribution is 5.89. The number of rotatable bonds is 5. The average molecular weight is 490 g/mol. The lowest BCUT2D eigenvalue weighted by molar-refractivity contribution is 0.171. The van der Waals surface area contributed by atoms with E-state index in [1.54, 1.807) is 29.1 Å². The van der Waals surface area contributed by atoms with Crippen molar-refractivity contribution in [2.45, 2.75) is 65.1 Å². The molecule has 9 nitrogen and oxygen atoms in total. The summed E-state index contributed by atoms with van der Waals surface area (Å²) in [6.07, 6.45) is 6.43. The van der Waals surface area contributed by atoms with E-state index < -0.39 is 0 Å². The first-order chi connectivity index (χ1) is 17.0. The van der Waals surface area contributed by atoms with Gasteiger partial charge in [-0.05, 0) is 56.9 Å². The molecule has 2 unspecified atom stereocenters. The van der Waals surface area contributed by atoms with E-state index in [0.29, 0.717) is 30.1 Å². The van der Waals surface area contributed by atoms with Crippen molar-refractivity contribution in [2.24, 2.45) is 5.92 Å². The maximum Gasteiger partial charge on any atom is 0.319 e. The summed E-state index contributed by atoms with van der Waals surface area (Å²) in [7, 11) is 0. The molecule has 4 N–H and O–H groups in total. The van der Waals surface area contributed by atoms with Crippen LogP contribution in [0.5, 0.6) is 5.75 Å². The number of urea groups is 1. The van der Waals surface area contributed by atoms with Crippen LogP contribution in [0.15, 0.2) is 55.0 Å². The summed E-state index contributed by atoms with van der Waals surface area (Å²) in [4.78, 5) is 12.8. The number of pyridine rings is 1. The minimum absolute atomic E-state index is 0.00876. The van der Waals surface area contributed by atoms with Crippen molar-refractivity contribution in [1.29, 1.82) is 10.8 Å². The molecule has 0 saturated carbocycles. The van der Waals surface area contributed by atoms with Gasteiger partial charge in [-0.25, -0.2) is 4.79 Å². The molecule has 0 fully saturated rings. The highest BCUT2D eigenvalue weighted by Gasteiger charge is 2.29. The first-order valence-corrected chi connectivity index (χ1v) is 12.3. The van der Waals surface area contributed by atoms with Crippen molar-refractivity contribution in [3.05, 3.63) is 71.6 Å². The van der Waals surface area contributed by atoms with E-state index in [1.807, 2.05) is 49.0 Å². The van der Waals surface area contributed by atoms with Crippen molar-refractivity contribution < 1.29 is 9.53 Å². The normalized spacial score (nSPS) is 17.4. The van der Waals surface area contributed by atoms with Crippen LogP contribution in [0.4, 0.5) is 10.5 Å². The summed E-state index contributed by atoms with van der Waals surface area (Å²) in [6, 6.07) is 11.0. The molecule has 190 valence electrons. The molecule has 3 aromatic rings. The van der Waals surface area contributed by atoms with E-state index in [0.717, 1.165) is 11.1 Å². The molecule has 9 heteroatoms. The number of carbonyl (C=O) groups is 1. The minimum atomic E-state index is -0.276. The van der Waals surface area contributed by atoms with Crippen LogP contribution in [0.3, 0.4) is 0 Å². The summed E-state index contributed by atoms with van der Waals surface area (Å²) in [5.74, 6) is 0.944.